The molecular weight excluding hydrogens is 400 g/mol. The molecule has 0 radical (unpaired) electrons. The minimum atomic E-state index is -0.351. The molecule has 0 bridgehead atoms. The van der Waals surface area contributed by atoms with Crippen LogP contribution in [-0.2, 0) is 0 Å². The fourth-order valence-electron chi connectivity index (χ4n) is 2.37. The molecule has 0 aliphatic carbocycles. The van der Waals surface area contributed by atoms with Crippen molar-refractivity contribution in [2.24, 2.45) is 0 Å². The van der Waals surface area contributed by atoms with Crippen molar-refractivity contribution in [2.45, 2.75) is 6.17 Å². The number of anilines is 1. The number of hydrogen-bond acceptors (Lipinski definition) is 3. The van der Waals surface area contributed by atoms with Crippen LogP contribution in [0.25, 0.3) is 0 Å². The number of fused-ring (bicyclic) bond motifs is 1. The molecule has 0 fully saturated rings. The quantitative estimate of drug-likeness (QED) is 0.782. The van der Waals surface area contributed by atoms with E-state index in [4.69, 9.17) is 4.74 Å². The Labute approximate surface area is 139 Å². The van der Waals surface area contributed by atoms with Gasteiger partial charge in [-0.3, -0.25) is 4.79 Å². The van der Waals surface area contributed by atoms with E-state index in [1.54, 1.807) is 13.2 Å². The summed E-state index contributed by atoms with van der Waals surface area (Å²) in [6.45, 7) is 0. The molecule has 1 heterocycles. The summed E-state index contributed by atoms with van der Waals surface area (Å²) in [7, 11) is 1.61. The molecule has 1 atom stereocenters. The number of carbonyl (C=O) groups excluding carboxylic acids is 1. The monoisotopic (exact) mass is 410 g/mol. The molecule has 2 aromatic rings. The molecule has 2 N–H and O–H groups in total. The number of ether oxygens (including phenoxy) is 1. The molecule has 0 saturated heterocycles. The summed E-state index contributed by atoms with van der Waals surface area (Å²) in [5, 5.41) is 6.27. The summed E-state index contributed by atoms with van der Waals surface area (Å²) >= 11 is 6.94. The van der Waals surface area contributed by atoms with Gasteiger partial charge in [0, 0.05) is 15.7 Å². The zero-order chi connectivity index (χ0) is 15.0. The third-order valence-electron chi connectivity index (χ3n) is 3.30. The van der Waals surface area contributed by atoms with Crippen LogP contribution in [0.3, 0.4) is 0 Å². The van der Waals surface area contributed by atoms with Crippen LogP contribution >= 0.6 is 31.9 Å². The smallest absolute Gasteiger partial charge is 0.255 e. The molecule has 0 saturated carbocycles. The highest BCUT2D eigenvalue weighted by atomic mass is 79.9. The Bertz CT molecular complexity index is 719. The molecule has 1 unspecified atom stereocenters. The van der Waals surface area contributed by atoms with Gasteiger partial charge in [0.05, 0.1) is 17.1 Å². The average molecular weight is 412 g/mol. The lowest BCUT2D eigenvalue weighted by Crippen LogP contribution is -2.38. The van der Waals surface area contributed by atoms with Crippen LogP contribution < -0.4 is 15.4 Å². The van der Waals surface area contributed by atoms with Crippen LogP contribution in [-0.4, -0.2) is 13.0 Å². The Kier molecular flexibility index (Phi) is 3.91. The largest absolute Gasteiger partial charge is 0.495 e. The molecule has 2 aromatic carbocycles. The summed E-state index contributed by atoms with van der Waals surface area (Å²) in [6.07, 6.45) is -0.351. The normalized spacial score (nSPS) is 16.7. The van der Waals surface area contributed by atoms with Gasteiger partial charge in [-0.05, 0) is 40.2 Å². The first-order valence-electron chi connectivity index (χ1n) is 6.29. The third-order valence-corrected chi connectivity index (χ3v) is 4.35. The van der Waals surface area contributed by atoms with Gasteiger partial charge in [0.25, 0.3) is 5.91 Å². The van der Waals surface area contributed by atoms with Gasteiger partial charge < -0.3 is 15.4 Å². The van der Waals surface area contributed by atoms with E-state index in [1.165, 1.54) is 0 Å². The maximum atomic E-state index is 12.2. The number of rotatable bonds is 2. The number of amides is 1. The topological polar surface area (TPSA) is 50.4 Å². The van der Waals surface area contributed by atoms with Crippen molar-refractivity contribution < 1.29 is 9.53 Å². The van der Waals surface area contributed by atoms with Gasteiger partial charge in [0.15, 0.2) is 0 Å². The molecule has 6 heteroatoms. The van der Waals surface area contributed by atoms with Gasteiger partial charge in [-0.1, -0.05) is 28.1 Å². The highest BCUT2D eigenvalue weighted by Gasteiger charge is 2.27. The molecule has 0 spiro atoms. The van der Waals surface area contributed by atoms with E-state index in [9.17, 15) is 4.79 Å². The van der Waals surface area contributed by atoms with Crippen LogP contribution in [0, 0.1) is 0 Å². The number of benzene rings is 2. The minimum Gasteiger partial charge on any atom is -0.495 e. The lowest BCUT2D eigenvalue weighted by Gasteiger charge is -2.29. The van der Waals surface area contributed by atoms with E-state index in [-0.39, 0.29) is 12.1 Å². The number of methoxy groups -OCH3 is 1. The molecule has 108 valence electrons. The van der Waals surface area contributed by atoms with Crippen LogP contribution in [0.2, 0.25) is 0 Å². The predicted molar refractivity (Wildman–Crippen MR) is 88.7 cm³/mol. The lowest BCUT2D eigenvalue weighted by atomic mass is 10.1. The number of nitrogens with one attached hydrogen (secondary N) is 2. The summed E-state index contributed by atoms with van der Waals surface area (Å²) in [5.74, 6) is 0.586. The van der Waals surface area contributed by atoms with Gasteiger partial charge in [-0.2, -0.15) is 0 Å². The standard InChI is InChI=1S/C15H12Br2N2O2/c1-21-13-10(6-8(16)7-11(13)17)14-18-12-5-3-2-4-9(12)15(20)19-14/h2-7,14,18H,1H3,(H,19,20). The zero-order valence-corrected chi connectivity index (χ0v) is 14.3. The molecule has 3 rings (SSSR count). The first kappa shape index (κ1) is 14.4. The van der Waals surface area contributed by atoms with E-state index in [0.29, 0.717) is 11.3 Å². The fourth-order valence-corrected chi connectivity index (χ4v) is 3.79. The molecular formula is C15H12Br2N2O2. The Morgan fingerprint density at radius 1 is 1.14 bits per heavy atom. The van der Waals surface area contributed by atoms with E-state index in [0.717, 1.165) is 20.2 Å². The Hall–Kier alpha value is -1.53. The molecule has 1 amide bonds. The number of carbonyl (C=O) groups is 1. The van der Waals surface area contributed by atoms with Gasteiger partial charge in [0.1, 0.15) is 11.9 Å². The average Bonchev–Trinajstić information content (AvgIpc) is 2.46. The van der Waals surface area contributed by atoms with E-state index < -0.39 is 0 Å². The fraction of sp³-hybridized carbons (Fsp3) is 0.133. The van der Waals surface area contributed by atoms with Crippen molar-refractivity contribution in [3.8, 4) is 5.75 Å². The first-order valence-corrected chi connectivity index (χ1v) is 7.88. The maximum absolute atomic E-state index is 12.2. The van der Waals surface area contributed by atoms with Crippen LogP contribution in [0.5, 0.6) is 5.75 Å². The van der Waals surface area contributed by atoms with Crippen LogP contribution in [0.1, 0.15) is 22.1 Å². The van der Waals surface area contributed by atoms with Gasteiger partial charge in [-0.25, -0.2) is 0 Å². The Morgan fingerprint density at radius 2 is 1.90 bits per heavy atom. The number of halogens is 2. The van der Waals surface area contributed by atoms with Gasteiger partial charge in [0.2, 0.25) is 0 Å². The lowest BCUT2D eigenvalue weighted by molar-refractivity contribution is 0.0935. The maximum Gasteiger partial charge on any atom is 0.255 e. The summed E-state index contributed by atoms with van der Waals surface area (Å²) < 4.78 is 7.17. The van der Waals surface area contributed by atoms with Crippen LogP contribution in [0.4, 0.5) is 5.69 Å². The van der Waals surface area contributed by atoms with E-state index >= 15 is 0 Å². The van der Waals surface area contributed by atoms with E-state index in [1.807, 2.05) is 30.3 Å². The minimum absolute atomic E-state index is 0.104. The zero-order valence-electron chi connectivity index (χ0n) is 11.1. The summed E-state index contributed by atoms with van der Waals surface area (Å²) in [5.41, 5.74) is 2.30. The molecule has 21 heavy (non-hydrogen) atoms. The van der Waals surface area contributed by atoms with Gasteiger partial charge >= 0.3 is 0 Å². The summed E-state index contributed by atoms with van der Waals surface area (Å²) in [6, 6.07) is 11.3. The number of hydrogen-bond donors (Lipinski definition) is 2. The van der Waals surface area contributed by atoms with Crippen LogP contribution in [0.15, 0.2) is 45.3 Å². The Balaban J connectivity index is 2.06. The van der Waals surface area contributed by atoms with Crippen molar-refractivity contribution >= 4 is 43.5 Å². The van der Waals surface area contributed by atoms with Crippen molar-refractivity contribution in [1.29, 1.82) is 0 Å². The SMILES string of the molecule is COc1c(Br)cc(Br)cc1C1NC(=O)c2ccccc2N1. The highest BCUT2D eigenvalue weighted by Crippen LogP contribution is 2.38. The molecule has 1 aliphatic heterocycles. The van der Waals surface area contributed by atoms with Crippen molar-refractivity contribution in [3.63, 3.8) is 0 Å². The van der Waals surface area contributed by atoms with E-state index in [2.05, 4.69) is 42.5 Å². The second-order valence-electron chi connectivity index (χ2n) is 4.61. The molecule has 0 aromatic heterocycles. The highest BCUT2D eigenvalue weighted by molar-refractivity contribution is 9.11. The first-order chi connectivity index (χ1) is 10.1. The number of para-hydroxylation sites is 1. The van der Waals surface area contributed by atoms with Gasteiger partial charge in [-0.15, -0.1) is 0 Å². The molecule has 4 nitrogen and oxygen atoms in total. The van der Waals surface area contributed by atoms with Crippen molar-refractivity contribution in [3.05, 3.63) is 56.5 Å². The third kappa shape index (κ3) is 2.65. The van der Waals surface area contributed by atoms with Crippen molar-refractivity contribution in [1.82, 2.24) is 5.32 Å². The van der Waals surface area contributed by atoms with Crippen molar-refractivity contribution in [2.75, 3.05) is 12.4 Å². The second kappa shape index (κ2) is 5.69. The predicted octanol–water partition coefficient (Wildman–Crippen LogP) is 4.07. The molecule has 1 aliphatic rings. The summed E-state index contributed by atoms with van der Waals surface area (Å²) in [4.78, 5) is 12.2. The second-order valence-corrected chi connectivity index (χ2v) is 6.38. The Morgan fingerprint density at radius 3 is 2.67 bits per heavy atom.